The van der Waals surface area contributed by atoms with E-state index < -0.39 is 10.8 Å². The van der Waals surface area contributed by atoms with Gasteiger partial charge in [-0.05, 0) is 30.9 Å². The van der Waals surface area contributed by atoms with Gasteiger partial charge in [0.25, 0.3) is 0 Å². The zero-order chi connectivity index (χ0) is 14.4. The molecule has 3 unspecified atom stereocenters. The number of hydrogen-bond donors (Lipinski definition) is 0. The molecule has 3 heteroatoms. The Balaban J connectivity index is 1.99. The van der Waals surface area contributed by atoms with E-state index >= 15 is 0 Å². The molecule has 1 aliphatic carbocycles. The third kappa shape index (κ3) is 3.78. The summed E-state index contributed by atoms with van der Waals surface area (Å²) in [5.41, 5.74) is 0. The Morgan fingerprint density at radius 1 is 1.15 bits per heavy atom. The van der Waals surface area contributed by atoms with Gasteiger partial charge >= 0.3 is 0 Å². The van der Waals surface area contributed by atoms with Crippen LogP contribution in [0.15, 0.2) is 35.2 Å². The Bertz CT molecular complexity index is 455. The van der Waals surface area contributed by atoms with Crippen molar-refractivity contribution < 1.29 is 9.00 Å². The van der Waals surface area contributed by atoms with Crippen molar-refractivity contribution in [3.63, 3.8) is 0 Å². The van der Waals surface area contributed by atoms with Gasteiger partial charge in [-0.1, -0.05) is 50.8 Å². The fourth-order valence-corrected chi connectivity index (χ4v) is 4.71. The van der Waals surface area contributed by atoms with E-state index in [9.17, 15) is 9.00 Å². The van der Waals surface area contributed by atoms with Crippen LogP contribution in [0.4, 0.5) is 0 Å². The summed E-state index contributed by atoms with van der Waals surface area (Å²) in [5, 5.41) is -0.265. The minimum Gasteiger partial charge on any atom is -0.298 e. The summed E-state index contributed by atoms with van der Waals surface area (Å²) in [4.78, 5) is 12.9. The second-order valence-electron chi connectivity index (χ2n) is 5.65. The molecule has 1 aliphatic rings. The molecule has 0 saturated heterocycles. The van der Waals surface area contributed by atoms with Crippen LogP contribution in [0.1, 0.15) is 51.9 Å². The maximum Gasteiger partial charge on any atom is 0.149 e. The van der Waals surface area contributed by atoms with Crippen molar-refractivity contribution >= 4 is 16.6 Å². The fraction of sp³-hybridized carbons (Fsp3) is 0.588. The van der Waals surface area contributed by atoms with Gasteiger partial charge in [0.1, 0.15) is 11.0 Å². The summed E-state index contributed by atoms with van der Waals surface area (Å²) >= 11 is 0. The number of carbonyl (C=O) groups excluding carboxylic acids is 1. The summed E-state index contributed by atoms with van der Waals surface area (Å²) < 4.78 is 12.6. The molecule has 0 N–H and O–H groups in total. The second-order valence-corrected chi connectivity index (χ2v) is 7.22. The van der Waals surface area contributed by atoms with Crippen LogP contribution in [-0.4, -0.2) is 15.2 Å². The quantitative estimate of drug-likeness (QED) is 0.709. The monoisotopic (exact) mass is 292 g/mol. The third-order valence-corrected chi connectivity index (χ3v) is 5.99. The number of ketones is 1. The average Bonchev–Trinajstić information content (AvgIpc) is 2.85. The number of unbranched alkanes of at least 4 members (excludes halogenated alkanes) is 3. The topological polar surface area (TPSA) is 34.1 Å². The van der Waals surface area contributed by atoms with Gasteiger partial charge in [-0.15, -0.1) is 0 Å². The lowest BCUT2D eigenvalue weighted by atomic mass is 9.99. The molecule has 1 aromatic rings. The fourth-order valence-electron chi connectivity index (χ4n) is 3.01. The first kappa shape index (κ1) is 15.4. The minimum absolute atomic E-state index is 0.202. The van der Waals surface area contributed by atoms with Crippen molar-refractivity contribution in [2.24, 2.45) is 5.92 Å². The van der Waals surface area contributed by atoms with Crippen molar-refractivity contribution in [1.29, 1.82) is 0 Å². The summed E-state index contributed by atoms with van der Waals surface area (Å²) in [6.45, 7) is 2.20. The summed E-state index contributed by atoms with van der Waals surface area (Å²) in [7, 11) is -1.18. The predicted octanol–water partition coefficient (Wildman–Crippen LogP) is 4.11. The van der Waals surface area contributed by atoms with Crippen molar-refractivity contribution in [2.75, 3.05) is 0 Å². The molecule has 0 heterocycles. The highest BCUT2D eigenvalue weighted by atomic mass is 32.2. The van der Waals surface area contributed by atoms with Crippen molar-refractivity contribution in [3.05, 3.63) is 30.3 Å². The van der Waals surface area contributed by atoms with Gasteiger partial charge in [-0.3, -0.25) is 9.00 Å². The molecule has 20 heavy (non-hydrogen) atoms. The second kappa shape index (κ2) is 7.72. The van der Waals surface area contributed by atoms with Gasteiger partial charge < -0.3 is 0 Å². The maximum atomic E-state index is 12.6. The van der Waals surface area contributed by atoms with Gasteiger partial charge in [0, 0.05) is 11.3 Å². The first-order chi connectivity index (χ1) is 9.74. The Labute approximate surface area is 124 Å². The lowest BCUT2D eigenvalue weighted by Crippen LogP contribution is -2.27. The molecule has 0 aliphatic heterocycles. The van der Waals surface area contributed by atoms with E-state index in [0.29, 0.717) is 12.3 Å². The molecular weight excluding hydrogens is 268 g/mol. The molecule has 0 amide bonds. The smallest absolute Gasteiger partial charge is 0.149 e. The number of hydrogen-bond acceptors (Lipinski definition) is 2. The van der Waals surface area contributed by atoms with E-state index in [1.165, 1.54) is 19.3 Å². The summed E-state index contributed by atoms with van der Waals surface area (Å²) in [6.07, 6.45) is 7.46. The van der Waals surface area contributed by atoms with Crippen LogP contribution in [-0.2, 0) is 15.6 Å². The lowest BCUT2D eigenvalue weighted by molar-refractivity contribution is -0.117. The van der Waals surface area contributed by atoms with Crippen LogP contribution in [0, 0.1) is 5.92 Å². The zero-order valence-electron chi connectivity index (χ0n) is 12.2. The van der Waals surface area contributed by atoms with Crippen LogP contribution in [0.5, 0.6) is 0 Å². The first-order valence-corrected chi connectivity index (χ1v) is 8.93. The zero-order valence-corrected chi connectivity index (χ0v) is 13.0. The normalized spacial score (nSPS) is 23.9. The molecule has 0 aromatic heterocycles. The van der Waals surface area contributed by atoms with Crippen molar-refractivity contribution in [3.8, 4) is 0 Å². The first-order valence-electron chi connectivity index (χ1n) is 7.72. The van der Waals surface area contributed by atoms with Gasteiger partial charge in [-0.2, -0.15) is 0 Å². The highest BCUT2D eigenvalue weighted by molar-refractivity contribution is 7.86. The van der Waals surface area contributed by atoms with Crippen molar-refractivity contribution in [1.82, 2.24) is 0 Å². The number of benzene rings is 1. The molecule has 2 nitrogen and oxygen atoms in total. The molecule has 0 bridgehead atoms. The molecule has 2 rings (SSSR count). The van der Waals surface area contributed by atoms with Gasteiger partial charge in [-0.25, -0.2) is 0 Å². The standard InChI is InChI=1S/C17H24O2S/c1-2-3-4-6-9-14-12-13-16(18)17(14)20(19)15-10-7-5-8-11-15/h5,7-8,10-11,14,17H,2-4,6,9,12-13H2,1H3. The molecule has 0 spiro atoms. The predicted molar refractivity (Wildman–Crippen MR) is 83.1 cm³/mol. The minimum atomic E-state index is -1.18. The van der Waals surface area contributed by atoms with Crippen LogP contribution in [0.3, 0.4) is 0 Å². The number of carbonyl (C=O) groups is 1. The van der Waals surface area contributed by atoms with E-state index in [1.807, 2.05) is 30.3 Å². The van der Waals surface area contributed by atoms with E-state index in [4.69, 9.17) is 0 Å². The Morgan fingerprint density at radius 2 is 1.90 bits per heavy atom. The average molecular weight is 292 g/mol. The number of rotatable bonds is 7. The molecule has 1 aromatic carbocycles. The van der Waals surface area contributed by atoms with Crippen LogP contribution in [0.2, 0.25) is 0 Å². The molecule has 1 fully saturated rings. The largest absolute Gasteiger partial charge is 0.298 e. The lowest BCUT2D eigenvalue weighted by Gasteiger charge is -2.18. The maximum absolute atomic E-state index is 12.6. The highest BCUT2D eigenvalue weighted by Crippen LogP contribution is 2.33. The third-order valence-electron chi connectivity index (χ3n) is 4.14. The molecule has 110 valence electrons. The van der Waals surface area contributed by atoms with Crippen LogP contribution < -0.4 is 0 Å². The summed E-state index contributed by atoms with van der Waals surface area (Å²) in [6, 6.07) is 9.44. The van der Waals surface area contributed by atoms with E-state index in [2.05, 4.69) is 6.92 Å². The van der Waals surface area contributed by atoms with E-state index in [-0.39, 0.29) is 11.0 Å². The number of Topliss-reactive ketones (excluding diaryl/α,β-unsaturated/α-hetero) is 1. The summed E-state index contributed by atoms with van der Waals surface area (Å²) in [5.74, 6) is 0.521. The Morgan fingerprint density at radius 3 is 2.60 bits per heavy atom. The van der Waals surface area contributed by atoms with Gasteiger partial charge in [0.15, 0.2) is 0 Å². The molecule has 1 saturated carbocycles. The Kier molecular flexibility index (Phi) is 5.96. The van der Waals surface area contributed by atoms with E-state index in [1.54, 1.807) is 0 Å². The van der Waals surface area contributed by atoms with Crippen LogP contribution in [0.25, 0.3) is 0 Å². The molecule has 3 atom stereocenters. The van der Waals surface area contributed by atoms with Crippen LogP contribution >= 0.6 is 0 Å². The van der Waals surface area contributed by atoms with E-state index in [0.717, 1.165) is 24.2 Å². The Hall–Kier alpha value is -0.960. The highest BCUT2D eigenvalue weighted by Gasteiger charge is 2.38. The van der Waals surface area contributed by atoms with Crippen molar-refractivity contribution in [2.45, 2.75) is 62.0 Å². The SMILES string of the molecule is CCCCCCC1CCC(=O)C1S(=O)c1ccccc1. The molecule has 0 radical (unpaired) electrons. The van der Waals surface area contributed by atoms with Gasteiger partial charge in [0.05, 0.1) is 10.8 Å². The molecular formula is C17H24O2S. The van der Waals surface area contributed by atoms with Gasteiger partial charge in [0.2, 0.25) is 0 Å².